The molecule has 1 heterocycles. The molecule has 0 aliphatic rings. The second kappa shape index (κ2) is 5.17. The van der Waals surface area contributed by atoms with Gasteiger partial charge in [0.15, 0.2) is 0 Å². The second-order valence-corrected chi connectivity index (χ2v) is 5.84. The quantitative estimate of drug-likeness (QED) is 0.944. The lowest BCUT2D eigenvalue weighted by Gasteiger charge is -2.27. The van der Waals surface area contributed by atoms with E-state index in [-0.39, 0.29) is 5.91 Å². The van der Waals surface area contributed by atoms with E-state index in [4.69, 9.17) is 0 Å². The van der Waals surface area contributed by atoms with E-state index in [1.54, 1.807) is 24.0 Å². The minimum absolute atomic E-state index is 0.132. The molecule has 0 atom stereocenters. The van der Waals surface area contributed by atoms with Crippen LogP contribution in [0, 0.1) is 0 Å². The number of carbonyl (C=O) groups excluding carboxylic acids is 1. The minimum Gasteiger partial charge on any atom is -0.342 e. The molecule has 0 aliphatic carbocycles. The number of halogens is 1. The number of aryl methyl sites for hydroxylation is 1. The summed E-state index contributed by atoms with van der Waals surface area (Å²) in [5.74, 6) is -0.132. The lowest BCUT2D eigenvalue weighted by molar-refractivity contribution is 0.0902. The monoisotopic (exact) mass is 321 g/mol. The summed E-state index contributed by atoms with van der Waals surface area (Å²) in [4.78, 5) is 12.2. The van der Waals surface area contributed by atoms with Crippen molar-refractivity contribution in [2.45, 2.75) is 19.4 Å². The SMILES string of the molecule is Cn1nccc1C(=O)NC(C)(C)c1ccc(Br)cc1. The van der Waals surface area contributed by atoms with Crippen molar-refractivity contribution in [2.24, 2.45) is 7.05 Å². The van der Waals surface area contributed by atoms with Crippen LogP contribution in [0.3, 0.4) is 0 Å². The summed E-state index contributed by atoms with van der Waals surface area (Å²) in [7, 11) is 1.75. The molecule has 0 aliphatic heterocycles. The molecule has 0 unspecified atom stereocenters. The maximum Gasteiger partial charge on any atom is 0.270 e. The van der Waals surface area contributed by atoms with Gasteiger partial charge in [0.05, 0.1) is 5.54 Å². The van der Waals surface area contributed by atoms with Gasteiger partial charge >= 0.3 is 0 Å². The molecule has 4 nitrogen and oxygen atoms in total. The average Bonchev–Trinajstić information content (AvgIpc) is 2.75. The fourth-order valence-electron chi connectivity index (χ4n) is 1.88. The molecule has 0 saturated heterocycles. The van der Waals surface area contributed by atoms with E-state index < -0.39 is 5.54 Å². The van der Waals surface area contributed by atoms with E-state index in [1.807, 2.05) is 38.1 Å². The van der Waals surface area contributed by atoms with Crippen molar-refractivity contribution in [1.82, 2.24) is 15.1 Å². The molecule has 0 spiro atoms. The number of aromatic nitrogens is 2. The standard InChI is InChI=1S/C14H16BrN3O/c1-14(2,10-4-6-11(15)7-5-10)17-13(19)12-8-9-16-18(12)3/h4-9H,1-3H3,(H,17,19). The first-order chi connectivity index (χ1) is 8.90. The molecule has 0 bridgehead atoms. The van der Waals surface area contributed by atoms with Crippen molar-refractivity contribution in [3.05, 3.63) is 52.3 Å². The van der Waals surface area contributed by atoms with Crippen LogP contribution in [0.15, 0.2) is 41.0 Å². The summed E-state index contributed by atoms with van der Waals surface area (Å²) in [5, 5.41) is 7.02. The number of hydrogen-bond acceptors (Lipinski definition) is 2. The van der Waals surface area contributed by atoms with Crippen LogP contribution >= 0.6 is 15.9 Å². The molecular weight excluding hydrogens is 306 g/mol. The van der Waals surface area contributed by atoms with Gasteiger partial charge in [-0.15, -0.1) is 0 Å². The first kappa shape index (κ1) is 13.8. The van der Waals surface area contributed by atoms with Gasteiger partial charge in [0, 0.05) is 17.7 Å². The zero-order valence-corrected chi connectivity index (χ0v) is 12.7. The molecule has 1 amide bonds. The number of rotatable bonds is 3. The lowest BCUT2D eigenvalue weighted by Crippen LogP contribution is -2.41. The number of nitrogens with one attached hydrogen (secondary N) is 1. The molecule has 100 valence electrons. The van der Waals surface area contributed by atoms with Gasteiger partial charge in [0.1, 0.15) is 5.69 Å². The first-order valence-electron chi connectivity index (χ1n) is 5.97. The average molecular weight is 322 g/mol. The Morgan fingerprint density at radius 1 is 1.26 bits per heavy atom. The van der Waals surface area contributed by atoms with Crippen LogP contribution in [0.5, 0.6) is 0 Å². The Bertz CT molecular complexity index is 587. The summed E-state index contributed by atoms with van der Waals surface area (Å²) in [6.45, 7) is 3.95. The molecule has 0 radical (unpaired) electrons. The lowest BCUT2D eigenvalue weighted by atomic mass is 9.94. The Morgan fingerprint density at radius 2 is 1.89 bits per heavy atom. The largest absolute Gasteiger partial charge is 0.342 e. The van der Waals surface area contributed by atoms with Gasteiger partial charge in [-0.3, -0.25) is 9.48 Å². The number of carbonyl (C=O) groups is 1. The van der Waals surface area contributed by atoms with Crippen LogP contribution in [0.4, 0.5) is 0 Å². The van der Waals surface area contributed by atoms with E-state index >= 15 is 0 Å². The third-order valence-electron chi connectivity index (χ3n) is 3.05. The van der Waals surface area contributed by atoms with Crippen molar-refractivity contribution in [1.29, 1.82) is 0 Å². The van der Waals surface area contributed by atoms with Crippen LogP contribution in [-0.2, 0) is 12.6 Å². The Labute approximate surface area is 120 Å². The smallest absolute Gasteiger partial charge is 0.270 e. The van der Waals surface area contributed by atoms with Crippen LogP contribution < -0.4 is 5.32 Å². The maximum atomic E-state index is 12.2. The van der Waals surface area contributed by atoms with Crippen molar-refractivity contribution in [3.8, 4) is 0 Å². The van der Waals surface area contributed by atoms with E-state index in [0.29, 0.717) is 5.69 Å². The topological polar surface area (TPSA) is 46.9 Å². The highest BCUT2D eigenvalue weighted by Crippen LogP contribution is 2.22. The summed E-state index contributed by atoms with van der Waals surface area (Å²) >= 11 is 3.41. The molecule has 1 aromatic carbocycles. The molecule has 5 heteroatoms. The van der Waals surface area contributed by atoms with E-state index in [9.17, 15) is 4.79 Å². The third-order valence-corrected chi connectivity index (χ3v) is 3.57. The summed E-state index contributed by atoms with van der Waals surface area (Å²) < 4.78 is 2.58. The van der Waals surface area contributed by atoms with Crippen LogP contribution in [-0.4, -0.2) is 15.7 Å². The second-order valence-electron chi connectivity index (χ2n) is 4.93. The summed E-state index contributed by atoms with van der Waals surface area (Å²) in [6, 6.07) is 9.62. The minimum atomic E-state index is -0.442. The highest BCUT2D eigenvalue weighted by atomic mass is 79.9. The molecule has 1 aromatic heterocycles. The number of hydrogen-bond donors (Lipinski definition) is 1. The van der Waals surface area contributed by atoms with Crippen molar-refractivity contribution >= 4 is 21.8 Å². The van der Waals surface area contributed by atoms with Crippen LogP contribution in [0.2, 0.25) is 0 Å². The van der Waals surface area contributed by atoms with Crippen LogP contribution in [0.1, 0.15) is 29.9 Å². The Kier molecular flexibility index (Phi) is 3.75. The highest BCUT2D eigenvalue weighted by molar-refractivity contribution is 9.10. The van der Waals surface area contributed by atoms with E-state index in [1.165, 1.54) is 0 Å². The Hall–Kier alpha value is -1.62. The number of amides is 1. The molecule has 2 aromatic rings. The molecule has 0 saturated carbocycles. The predicted octanol–water partition coefficient (Wildman–Crippen LogP) is 2.85. The fourth-order valence-corrected chi connectivity index (χ4v) is 2.15. The number of nitrogens with zero attached hydrogens (tertiary/aromatic N) is 2. The van der Waals surface area contributed by atoms with Gasteiger partial charge < -0.3 is 5.32 Å². The first-order valence-corrected chi connectivity index (χ1v) is 6.76. The fraction of sp³-hybridized carbons (Fsp3) is 0.286. The van der Waals surface area contributed by atoms with Crippen molar-refractivity contribution in [2.75, 3.05) is 0 Å². The van der Waals surface area contributed by atoms with Gasteiger partial charge in [-0.1, -0.05) is 28.1 Å². The summed E-state index contributed by atoms with van der Waals surface area (Å²) in [5.41, 5.74) is 1.15. The Balaban J connectivity index is 2.19. The van der Waals surface area contributed by atoms with Gasteiger partial charge in [-0.05, 0) is 37.6 Å². The molecule has 2 rings (SSSR count). The van der Waals surface area contributed by atoms with Gasteiger partial charge in [-0.2, -0.15) is 5.10 Å². The molecule has 19 heavy (non-hydrogen) atoms. The Morgan fingerprint density at radius 3 is 2.42 bits per heavy atom. The molecule has 0 fully saturated rings. The highest BCUT2D eigenvalue weighted by Gasteiger charge is 2.24. The zero-order chi connectivity index (χ0) is 14.0. The van der Waals surface area contributed by atoms with Crippen molar-refractivity contribution in [3.63, 3.8) is 0 Å². The number of benzene rings is 1. The van der Waals surface area contributed by atoms with E-state index in [2.05, 4.69) is 26.3 Å². The summed E-state index contributed by atoms with van der Waals surface area (Å²) in [6.07, 6.45) is 1.61. The van der Waals surface area contributed by atoms with E-state index in [0.717, 1.165) is 10.0 Å². The zero-order valence-electron chi connectivity index (χ0n) is 11.1. The van der Waals surface area contributed by atoms with Gasteiger partial charge in [0.2, 0.25) is 0 Å². The van der Waals surface area contributed by atoms with Gasteiger partial charge in [0.25, 0.3) is 5.91 Å². The van der Waals surface area contributed by atoms with Crippen molar-refractivity contribution < 1.29 is 4.79 Å². The van der Waals surface area contributed by atoms with Gasteiger partial charge in [-0.25, -0.2) is 0 Å². The third kappa shape index (κ3) is 3.04. The maximum absolute atomic E-state index is 12.2. The normalized spacial score (nSPS) is 11.4. The van der Waals surface area contributed by atoms with Crippen LogP contribution in [0.25, 0.3) is 0 Å². The molecular formula is C14H16BrN3O. The predicted molar refractivity (Wildman–Crippen MR) is 77.8 cm³/mol. The molecule has 1 N–H and O–H groups in total.